The van der Waals surface area contributed by atoms with Crippen LogP contribution in [0.5, 0.6) is 5.75 Å². The first-order valence-electron chi connectivity index (χ1n) is 9.55. The fourth-order valence-corrected chi connectivity index (χ4v) is 7.51. The number of carbonyl (C=O) groups is 1. The molecule has 2 aliphatic heterocycles. The summed E-state index contributed by atoms with van der Waals surface area (Å²) in [4.78, 5) is 20.6. The Kier molecular flexibility index (Phi) is 5.75. The number of nitrogens with zero attached hydrogens (tertiary/aromatic N) is 3. The summed E-state index contributed by atoms with van der Waals surface area (Å²) in [5, 5.41) is 0.393. The Hall–Kier alpha value is -2.52. The number of aliphatic imine (C=N–C) groups is 1. The molecule has 2 fully saturated rings. The Morgan fingerprint density at radius 1 is 1.13 bits per heavy atom. The first kappa shape index (κ1) is 20.7. The van der Waals surface area contributed by atoms with Gasteiger partial charge in [0.05, 0.1) is 17.5 Å². The second kappa shape index (κ2) is 8.31. The molecule has 2 atom stereocenters. The van der Waals surface area contributed by atoms with E-state index >= 15 is 0 Å². The number of sulfone groups is 1. The van der Waals surface area contributed by atoms with E-state index < -0.39 is 15.7 Å². The number of ether oxygens (including phenoxy) is 1. The SMILES string of the molecule is CN(C)c1ccc(N2C(=NC(=O)COc3ccccc3)SC3CS(=O)(=O)CC32)cc1. The van der Waals surface area contributed by atoms with Gasteiger partial charge in [-0.1, -0.05) is 30.0 Å². The zero-order chi connectivity index (χ0) is 21.3. The predicted octanol–water partition coefficient (Wildman–Crippen LogP) is 2.43. The molecule has 2 unspecified atom stereocenters. The molecular weight excluding hydrogens is 422 g/mol. The number of para-hydroxylation sites is 1. The second-order valence-electron chi connectivity index (χ2n) is 7.47. The molecule has 0 spiro atoms. The van der Waals surface area contributed by atoms with Crippen LogP contribution in [0.1, 0.15) is 0 Å². The first-order chi connectivity index (χ1) is 14.3. The zero-order valence-corrected chi connectivity index (χ0v) is 18.4. The van der Waals surface area contributed by atoms with Crippen molar-refractivity contribution in [3.63, 3.8) is 0 Å². The number of hydrogen-bond donors (Lipinski definition) is 0. The van der Waals surface area contributed by atoms with Crippen molar-refractivity contribution in [3.05, 3.63) is 54.6 Å². The number of amides is 1. The largest absolute Gasteiger partial charge is 0.484 e. The molecule has 2 aliphatic rings. The molecular formula is C21H23N3O4S2. The molecule has 0 aromatic heterocycles. The summed E-state index contributed by atoms with van der Waals surface area (Å²) in [6, 6.07) is 16.7. The average Bonchev–Trinajstić information content (AvgIpc) is 3.18. The van der Waals surface area contributed by atoms with Crippen molar-refractivity contribution in [2.45, 2.75) is 11.3 Å². The number of anilines is 2. The normalized spacial score (nSPS) is 23.4. The molecule has 2 aromatic carbocycles. The standard InChI is InChI=1S/C21H23N3O4S2/c1-23(2)15-8-10-16(11-9-15)24-18-13-30(26,27)14-19(18)29-21(24)22-20(25)12-28-17-6-4-3-5-7-17/h3-11,18-19H,12-14H2,1-2H3. The number of benzene rings is 2. The Bertz CT molecular complexity index is 1050. The third-order valence-electron chi connectivity index (χ3n) is 5.04. The summed E-state index contributed by atoms with van der Waals surface area (Å²) >= 11 is 1.36. The van der Waals surface area contributed by atoms with Gasteiger partial charge in [-0.2, -0.15) is 4.99 Å². The molecule has 0 radical (unpaired) electrons. The van der Waals surface area contributed by atoms with E-state index in [1.807, 2.05) is 66.4 Å². The number of amidine groups is 1. The van der Waals surface area contributed by atoms with E-state index in [4.69, 9.17) is 4.74 Å². The molecule has 2 heterocycles. The monoisotopic (exact) mass is 445 g/mol. The van der Waals surface area contributed by atoms with Crippen molar-refractivity contribution in [1.29, 1.82) is 0 Å². The smallest absolute Gasteiger partial charge is 0.285 e. The molecule has 0 N–H and O–H groups in total. The Morgan fingerprint density at radius 2 is 1.83 bits per heavy atom. The summed E-state index contributed by atoms with van der Waals surface area (Å²) in [5.74, 6) is 0.360. The van der Waals surface area contributed by atoms with Crippen molar-refractivity contribution in [1.82, 2.24) is 0 Å². The maximum atomic E-state index is 12.5. The third-order valence-corrected chi connectivity index (χ3v) is 8.25. The van der Waals surface area contributed by atoms with Gasteiger partial charge < -0.3 is 14.5 Å². The predicted molar refractivity (Wildman–Crippen MR) is 121 cm³/mol. The lowest BCUT2D eigenvalue weighted by atomic mass is 10.2. The van der Waals surface area contributed by atoms with E-state index in [0.717, 1.165) is 11.4 Å². The van der Waals surface area contributed by atoms with E-state index in [2.05, 4.69) is 4.99 Å². The molecule has 1 amide bonds. The van der Waals surface area contributed by atoms with Crippen molar-refractivity contribution in [2.24, 2.45) is 4.99 Å². The molecule has 4 rings (SSSR count). The Labute approximate surface area is 180 Å². The lowest BCUT2D eigenvalue weighted by Crippen LogP contribution is -2.37. The zero-order valence-electron chi connectivity index (χ0n) is 16.8. The summed E-state index contributed by atoms with van der Waals surface area (Å²) in [6.07, 6.45) is 0. The van der Waals surface area contributed by atoms with Gasteiger partial charge in [-0.05, 0) is 36.4 Å². The van der Waals surface area contributed by atoms with Gasteiger partial charge in [0.15, 0.2) is 21.6 Å². The highest BCUT2D eigenvalue weighted by Gasteiger charge is 2.49. The highest BCUT2D eigenvalue weighted by Crippen LogP contribution is 2.41. The van der Waals surface area contributed by atoms with E-state index in [0.29, 0.717) is 10.9 Å². The second-order valence-corrected chi connectivity index (χ2v) is 10.8. The van der Waals surface area contributed by atoms with Crippen molar-refractivity contribution in [3.8, 4) is 5.75 Å². The summed E-state index contributed by atoms with van der Waals surface area (Å²) in [6.45, 7) is -0.172. The summed E-state index contributed by atoms with van der Waals surface area (Å²) in [7, 11) is 0.812. The molecule has 158 valence electrons. The highest BCUT2D eigenvalue weighted by molar-refractivity contribution is 8.16. The van der Waals surface area contributed by atoms with Gasteiger partial charge in [0, 0.05) is 30.7 Å². The van der Waals surface area contributed by atoms with Crippen LogP contribution < -0.4 is 14.5 Å². The summed E-state index contributed by atoms with van der Waals surface area (Å²) < 4.78 is 29.9. The van der Waals surface area contributed by atoms with Crippen LogP contribution in [0.15, 0.2) is 59.6 Å². The summed E-state index contributed by atoms with van der Waals surface area (Å²) in [5.41, 5.74) is 1.86. The van der Waals surface area contributed by atoms with Crippen LogP contribution >= 0.6 is 11.8 Å². The molecule has 0 bridgehead atoms. The molecule has 0 aliphatic carbocycles. The number of carbonyl (C=O) groups excluding carboxylic acids is 1. The topological polar surface area (TPSA) is 79.3 Å². The van der Waals surface area contributed by atoms with Crippen LogP contribution in [-0.4, -0.2) is 63.0 Å². The van der Waals surface area contributed by atoms with E-state index in [1.165, 1.54) is 11.8 Å². The van der Waals surface area contributed by atoms with Crippen LogP contribution in [0.25, 0.3) is 0 Å². The number of rotatable bonds is 5. The van der Waals surface area contributed by atoms with Gasteiger partial charge in [-0.25, -0.2) is 8.42 Å². The molecule has 0 saturated carbocycles. The molecule has 7 nitrogen and oxygen atoms in total. The van der Waals surface area contributed by atoms with Gasteiger partial charge in [0.25, 0.3) is 5.91 Å². The number of thioether (sulfide) groups is 1. The van der Waals surface area contributed by atoms with E-state index in [1.54, 1.807) is 12.1 Å². The van der Waals surface area contributed by atoms with Gasteiger partial charge >= 0.3 is 0 Å². The lowest BCUT2D eigenvalue weighted by molar-refractivity contribution is -0.119. The van der Waals surface area contributed by atoms with Crippen molar-refractivity contribution < 1.29 is 17.9 Å². The van der Waals surface area contributed by atoms with E-state index in [-0.39, 0.29) is 29.4 Å². The van der Waals surface area contributed by atoms with Crippen molar-refractivity contribution in [2.75, 3.05) is 42.0 Å². The van der Waals surface area contributed by atoms with Crippen LogP contribution in [0.4, 0.5) is 11.4 Å². The van der Waals surface area contributed by atoms with Crippen LogP contribution in [0.3, 0.4) is 0 Å². The first-order valence-corrected chi connectivity index (χ1v) is 12.3. The molecule has 9 heteroatoms. The van der Waals surface area contributed by atoms with Crippen molar-refractivity contribution >= 4 is 44.0 Å². The molecule has 2 aromatic rings. The highest BCUT2D eigenvalue weighted by atomic mass is 32.2. The lowest BCUT2D eigenvalue weighted by Gasteiger charge is -2.25. The Balaban J connectivity index is 1.57. The minimum absolute atomic E-state index is 0.0633. The fourth-order valence-electron chi connectivity index (χ4n) is 3.58. The van der Waals surface area contributed by atoms with E-state index in [9.17, 15) is 13.2 Å². The van der Waals surface area contributed by atoms with Crippen LogP contribution in [-0.2, 0) is 14.6 Å². The maximum absolute atomic E-state index is 12.5. The number of fused-ring (bicyclic) bond motifs is 1. The molecule has 30 heavy (non-hydrogen) atoms. The maximum Gasteiger partial charge on any atom is 0.285 e. The van der Waals surface area contributed by atoms with Gasteiger partial charge in [0.2, 0.25) is 0 Å². The third kappa shape index (κ3) is 4.46. The Morgan fingerprint density at radius 3 is 2.50 bits per heavy atom. The quantitative estimate of drug-likeness (QED) is 0.699. The minimum atomic E-state index is -3.10. The van der Waals surface area contributed by atoms with Crippen LogP contribution in [0.2, 0.25) is 0 Å². The molecule has 2 saturated heterocycles. The number of hydrogen-bond acceptors (Lipinski definition) is 6. The fraction of sp³-hybridized carbons (Fsp3) is 0.333. The van der Waals surface area contributed by atoms with Gasteiger partial charge in [-0.3, -0.25) is 4.79 Å². The van der Waals surface area contributed by atoms with Crippen LogP contribution in [0, 0.1) is 0 Å². The minimum Gasteiger partial charge on any atom is -0.484 e. The van der Waals surface area contributed by atoms with Gasteiger partial charge in [0.1, 0.15) is 5.75 Å². The van der Waals surface area contributed by atoms with Gasteiger partial charge in [-0.15, -0.1) is 0 Å². The average molecular weight is 446 g/mol.